The number of amides is 2. The lowest BCUT2D eigenvalue weighted by Gasteiger charge is -2.41. The Morgan fingerprint density at radius 3 is 2.15 bits per heavy atom. The summed E-state index contributed by atoms with van der Waals surface area (Å²) in [4.78, 5) is 35.8. The number of carbonyl (C=O) groups is 3. The second-order valence-corrected chi connectivity index (χ2v) is 8.85. The lowest BCUT2D eigenvalue weighted by Crippen LogP contribution is -2.49. The molecule has 1 fully saturated rings. The van der Waals surface area contributed by atoms with Crippen LogP contribution in [0.5, 0.6) is 0 Å². The summed E-state index contributed by atoms with van der Waals surface area (Å²) in [5, 5.41) is 23.2. The Morgan fingerprint density at radius 1 is 1.03 bits per heavy atom. The molecule has 8 heteroatoms. The molecule has 0 heterocycles. The molecular formula is C25H28N2O6. The Kier molecular flexibility index (Phi) is 6.65. The molecule has 4 N–H and O–H groups in total. The van der Waals surface area contributed by atoms with Crippen molar-refractivity contribution in [1.29, 1.82) is 0 Å². The minimum absolute atomic E-state index is 0.0296. The second kappa shape index (κ2) is 9.62. The standard InChI is InChI=1S/C25H28N2O6/c28-13-21(23(30)31)27-22(29)12-25(10-5-11-25)15-26-24(32)33-14-20-18-8-3-1-6-16(18)17-7-2-4-9-19(17)20/h1-4,6-9,20-21,28H,5,10-15H2,(H,26,32)(H,27,29)(H,30,31). The molecule has 1 saturated carbocycles. The van der Waals surface area contributed by atoms with E-state index in [9.17, 15) is 14.4 Å². The van der Waals surface area contributed by atoms with Gasteiger partial charge in [0.25, 0.3) is 0 Å². The van der Waals surface area contributed by atoms with Gasteiger partial charge in [-0.15, -0.1) is 0 Å². The minimum Gasteiger partial charge on any atom is -0.480 e. The molecule has 0 spiro atoms. The molecule has 0 bridgehead atoms. The number of nitrogens with one attached hydrogen (secondary N) is 2. The number of aliphatic carboxylic acids is 1. The first kappa shape index (κ1) is 22.8. The van der Waals surface area contributed by atoms with E-state index >= 15 is 0 Å². The average Bonchev–Trinajstić information content (AvgIpc) is 3.11. The first-order valence-corrected chi connectivity index (χ1v) is 11.1. The molecule has 2 aliphatic rings. The Labute approximate surface area is 192 Å². The molecule has 0 aliphatic heterocycles. The predicted molar refractivity (Wildman–Crippen MR) is 121 cm³/mol. The van der Waals surface area contributed by atoms with Gasteiger partial charge in [-0.3, -0.25) is 4.79 Å². The number of alkyl carbamates (subject to hydrolysis) is 1. The zero-order chi connectivity index (χ0) is 23.4. The number of aliphatic hydroxyl groups excluding tert-OH is 1. The summed E-state index contributed by atoms with van der Waals surface area (Å²) in [5.74, 6) is -1.77. The number of benzene rings is 2. The van der Waals surface area contributed by atoms with Crippen molar-refractivity contribution in [1.82, 2.24) is 10.6 Å². The number of aliphatic hydroxyl groups is 1. The highest BCUT2D eigenvalue weighted by molar-refractivity contribution is 5.84. The van der Waals surface area contributed by atoms with E-state index in [0.717, 1.165) is 41.5 Å². The fourth-order valence-electron chi connectivity index (χ4n) is 4.77. The lowest BCUT2D eigenvalue weighted by atomic mass is 9.66. The number of rotatable bonds is 9. The van der Waals surface area contributed by atoms with Gasteiger partial charge in [-0.05, 0) is 40.5 Å². The van der Waals surface area contributed by atoms with Gasteiger partial charge in [-0.1, -0.05) is 55.0 Å². The van der Waals surface area contributed by atoms with Crippen LogP contribution in [0.2, 0.25) is 0 Å². The van der Waals surface area contributed by atoms with Crippen LogP contribution < -0.4 is 10.6 Å². The van der Waals surface area contributed by atoms with Crippen LogP contribution >= 0.6 is 0 Å². The third kappa shape index (κ3) is 4.85. The number of carboxylic acid groups (broad SMARTS) is 1. The van der Waals surface area contributed by atoms with Crippen LogP contribution in [0.15, 0.2) is 48.5 Å². The van der Waals surface area contributed by atoms with Gasteiger partial charge in [0, 0.05) is 18.9 Å². The Balaban J connectivity index is 1.31. The molecule has 2 aliphatic carbocycles. The number of carbonyl (C=O) groups excluding carboxylic acids is 2. The van der Waals surface area contributed by atoms with E-state index in [1.165, 1.54) is 0 Å². The van der Waals surface area contributed by atoms with E-state index in [1.807, 2.05) is 24.3 Å². The van der Waals surface area contributed by atoms with Crippen molar-refractivity contribution in [3.63, 3.8) is 0 Å². The summed E-state index contributed by atoms with van der Waals surface area (Å²) in [6.07, 6.45) is 1.98. The predicted octanol–water partition coefficient (Wildman–Crippen LogP) is 2.65. The van der Waals surface area contributed by atoms with Gasteiger partial charge in [0.2, 0.25) is 5.91 Å². The molecular weight excluding hydrogens is 424 g/mol. The molecule has 1 atom stereocenters. The number of carboxylic acids is 1. The van der Waals surface area contributed by atoms with E-state index in [4.69, 9.17) is 14.9 Å². The average molecular weight is 453 g/mol. The quantitative estimate of drug-likeness (QED) is 0.464. The number of hydrogen-bond donors (Lipinski definition) is 4. The van der Waals surface area contributed by atoms with E-state index in [-0.39, 0.29) is 25.5 Å². The number of fused-ring (bicyclic) bond motifs is 3. The number of hydrogen-bond acceptors (Lipinski definition) is 5. The first-order valence-electron chi connectivity index (χ1n) is 11.1. The molecule has 0 aromatic heterocycles. The Hall–Kier alpha value is -3.39. The molecule has 1 unspecified atom stereocenters. The Morgan fingerprint density at radius 2 is 1.64 bits per heavy atom. The topological polar surface area (TPSA) is 125 Å². The largest absolute Gasteiger partial charge is 0.480 e. The summed E-state index contributed by atoms with van der Waals surface area (Å²) in [7, 11) is 0. The number of ether oxygens (including phenoxy) is 1. The van der Waals surface area contributed by atoms with Crippen LogP contribution in [0.4, 0.5) is 4.79 Å². The lowest BCUT2D eigenvalue weighted by molar-refractivity contribution is -0.143. The third-order valence-electron chi connectivity index (χ3n) is 6.72. The van der Waals surface area contributed by atoms with E-state index in [0.29, 0.717) is 0 Å². The van der Waals surface area contributed by atoms with Gasteiger partial charge in [0.05, 0.1) is 6.61 Å². The summed E-state index contributed by atoms with van der Waals surface area (Å²) in [5.41, 5.74) is 4.16. The normalized spacial score (nSPS) is 16.6. The molecule has 33 heavy (non-hydrogen) atoms. The van der Waals surface area contributed by atoms with Gasteiger partial charge in [-0.2, -0.15) is 0 Å². The van der Waals surface area contributed by atoms with E-state index in [1.54, 1.807) is 0 Å². The highest BCUT2D eigenvalue weighted by Gasteiger charge is 2.40. The van der Waals surface area contributed by atoms with Crippen LogP contribution in [0.3, 0.4) is 0 Å². The molecule has 0 radical (unpaired) electrons. The van der Waals surface area contributed by atoms with Gasteiger partial charge in [-0.25, -0.2) is 9.59 Å². The van der Waals surface area contributed by atoms with Gasteiger partial charge < -0.3 is 25.6 Å². The smallest absolute Gasteiger partial charge is 0.407 e. The molecule has 0 saturated heterocycles. The van der Waals surface area contributed by atoms with Crippen LogP contribution in [0, 0.1) is 5.41 Å². The zero-order valence-electron chi connectivity index (χ0n) is 18.3. The fourth-order valence-corrected chi connectivity index (χ4v) is 4.77. The fraction of sp³-hybridized carbons (Fsp3) is 0.400. The maximum absolute atomic E-state index is 12.5. The third-order valence-corrected chi connectivity index (χ3v) is 6.72. The van der Waals surface area contributed by atoms with Crippen LogP contribution in [0.25, 0.3) is 11.1 Å². The van der Waals surface area contributed by atoms with Crippen molar-refractivity contribution in [2.75, 3.05) is 19.8 Å². The SMILES string of the molecule is O=C(CC1(CNC(=O)OCC2c3ccccc3-c3ccccc32)CCC1)NC(CO)C(=O)O. The summed E-state index contributed by atoms with van der Waals surface area (Å²) >= 11 is 0. The maximum atomic E-state index is 12.5. The van der Waals surface area contributed by atoms with Crippen LogP contribution in [-0.4, -0.2) is 54.0 Å². The molecule has 2 amide bonds. The van der Waals surface area contributed by atoms with Crippen molar-refractivity contribution in [2.45, 2.75) is 37.6 Å². The summed E-state index contributed by atoms with van der Waals surface area (Å²) < 4.78 is 5.56. The molecule has 2 aromatic rings. The highest BCUT2D eigenvalue weighted by atomic mass is 16.5. The van der Waals surface area contributed by atoms with Crippen molar-refractivity contribution in [3.05, 3.63) is 59.7 Å². The summed E-state index contributed by atoms with van der Waals surface area (Å²) in [6.45, 7) is -0.190. The van der Waals surface area contributed by atoms with Crippen molar-refractivity contribution >= 4 is 18.0 Å². The maximum Gasteiger partial charge on any atom is 0.407 e. The minimum atomic E-state index is -1.33. The zero-order valence-corrected chi connectivity index (χ0v) is 18.3. The second-order valence-electron chi connectivity index (χ2n) is 8.85. The highest BCUT2D eigenvalue weighted by Crippen LogP contribution is 2.45. The molecule has 174 valence electrons. The van der Waals surface area contributed by atoms with E-state index < -0.39 is 36.0 Å². The molecule has 2 aromatic carbocycles. The monoisotopic (exact) mass is 452 g/mol. The van der Waals surface area contributed by atoms with Gasteiger partial charge >= 0.3 is 12.1 Å². The van der Waals surface area contributed by atoms with Crippen LogP contribution in [0.1, 0.15) is 42.7 Å². The van der Waals surface area contributed by atoms with Crippen molar-refractivity contribution in [2.24, 2.45) is 5.41 Å². The van der Waals surface area contributed by atoms with Crippen molar-refractivity contribution < 1.29 is 29.3 Å². The van der Waals surface area contributed by atoms with Crippen LogP contribution in [-0.2, 0) is 14.3 Å². The van der Waals surface area contributed by atoms with E-state index in [2.05, 4.69) is 34.9 Å². The van der Waals surface area contributed by atoms with Gasteiger partial charge in [0.15, 0.2) is 0 Å². The molecule has 8 nitrogen and oxygen atoms in total. The Bertz CT molecular complexity index is 1000. The van der Waals surface area contributed by atoms with Crippen molar-refractivity contribution in [3.8, 4) is 11.1 Å². The van der Waals surface area contributed by atoms with Gasteiger partial charge in [0.1, 0.15) is 12.6 Å². The molecule has 4 rings (SSSR count). The first-order chi connectivity index (χ1) is 15.9. The summed E-state index contributed by atoms with van der Waals surface area (Å²) in [6, 6.07) is 14.9.